The lowest BCUT2D eigenvalue weighted by Crippen LogP contribution is -2.31. The summed E-state index contributed by atoms with van der Waals surface area (Å²) < 4.78 is 5.19. The van der Waals surface area contributed by atoms with Crippen molar-refractivity contribution in [1.82, 2.24) is 4.90 Å². The Kier molecular flexibility index (Phi) is 5.94. The van der Waals surface area contributed by atoms with E-state index >= 15 is 0 Å². The molecule has 0 amide bonds. The zero-order valence-electron chi connectivity index (χ0n) is 12.5. The SMILES string of the molecule is COc1ccc(C(=CC=C(C#N)C#N)N2CCSCC2)cc1. The van der Waals surface area contributed by atoms with E-state index in [1.54, 1.807) is 13.2 Å². The van der Waals surface area contributed by atoms with Crippen molar-refractivity contribution in [3.05, 3.63) is 47.6 Å². The minimum Gasteiger partial charge on any atom is -0.497 e. The zero-order valence-corrected chi connectivity index (χ0v) is 13.3. The van der Waals surface area contributed by atoms with Gasteiger partial charge in [0.2, 0.25) is 0 Å². The summed E-state index contributed by atoms with van der Waals surface area (Å²) in [5.74, 6) is 2.98. The number of thioether (sulfide) groups is 1. The van der Waals surface area contributed by atoms with Gasteiger partial charge in [-0.1, -0.05) is 0 Å². The number of methoxy groups -OCH3 is 1. The van der Waals surface area contributed by atoms with Gasteiger partial charge in [-0.2, -0.15) is 22.3 Å². The Morgan fingerprint density at radius 2 is 1.77 bits per heavy atom. The van der Waals surface area contributed by atoms with Crippen molar-refractivity contribution < 1.29 is 4.74 Å². The van der Waals surface area contributed by atoms with Crippen LogP contribution in [0.15, 0.2) is 42.0 Å². The van der Waals surface area contributed by atoms with Crippen LogP contribution in [-0.2, 0) is 0 Å². The fraction of sp³-hybridized carbons (Fsp3) is 0.294. The molecule has 22 heavy (non-hydrogen) atoms. The van der Waals surface area contributed by atoms with E-state index in [0.29, 0.717) is 0 Å². The van der Waals surface area contributed by atoms with Crippen molar-refractivity contribution in [2.75, 3.05) is 31.7 Å². The fourth-order valence-corrected chi connectivity index (χ4v) is 3.12. The lowest BCUT2D eigenvalue weighted by molar-refractivity contribution is 0.414. The number of nitrogens with zero attached hydrogens (tertiary/aromatic N) is 3. The Labute approximate surface area is 135 Å². The third kappa shape index (κ3) is 4.07. The average molecular weight is 311 g/mol. The molecule has 112 valence electrons. The van der Waals surface area contributed by atoms with Gasteiger partial charge in [-0.15, -0.1) is 0 Å². The molecule has 0 aliphatic carbocycles. The van der Waals surface area contributed by atoms with Crippen LogP contribution >= 0.6 is 11.8 Å². The van der Waals surface area contributed by atoms with Crippen LogP contribution < -0.4 is 4.74 Å². The van der Waals surface area contributed by atoms with E-state index < -0.39 is 0 Å². The molecule has 0 unspecified atom stereocenters. The summed E-state index contributed by atoms with van der Waals surface area (Å²) in [6.07, 6.45) is 3.45. The monoisotopic (exact) mass is 311 g/mol. The lowest BCUT2D eigenvalue weighted by Gasteiger charge is -2.31. The molecule has 1 heterocycles. The van der Waals surface area contributed by atoms with Gasteiger partial charge in [-0.3, -0.25) is 0 Å². The topological polar surface area (TPSA) is 60.0 Å². The van der Waals surface area contributed by atoms with Crippen LogP contribution in [0.4, 0.5) is 0 Å². The first-order valence-electron chi connectivity index (χ1n) is 6.98. The van der Waals surface area contributed by atoms with Crippen LogP contribution in [0.3, 0.4) is 0 Å². The smallest absolute Gasteiger partial charge is 0.129 e. The van der Waals surface area contributed by atoms with Crippen LogP contribution in [0, 0.1) is 22.7 Å². The molecule has 0 bridgehead atoms. The summed E-state index contributed by atoms with van der Waals surface area (Å²) in [6.45, 7) is 1.93. The Hall–Kier alpha value is -2.37. The highest BCUT2D eigenvalue weighted by atomic mass is 32.2. The van der Waals surface area contributed by atoms with Gasteiger partial charge in [0, 0.05) is 30.3 Å². The van der Waals surface area contributed by atoms with Crippen molar-refractivity contribution in [2.45, 2.75) is 0 Å². The van der Waals surface area contributed by atoms with E-state index in [0.717, 1.165) is 41.6 Å². The lowest BCUT2D eigenvalue weighted by atomic mass is 10.1. The van der Waals surface area contributed by atoms with Gasteiger partial charge in [0.15, 0.2) is 0 Å². The van der Waals surface area contributed by atoms with Crippen LogP contribution in [0.25, 0.3) is 5.70 Å². The Morgan fingerprint density at radius 1 is 1.14 bits per heavy atom. The first kappa shape index (κ1) is 16.0. The van der Waals surface area contributed by atoms with E-state index in [9.17, 15) is 0 Å². The van der Waals surface area contributed by atoms with Crippen molar-refractivity contribution in [1.29, 1.82) is 10.5 Å². The highest BCUT2D eigenvalue weighted by molar-refractivity contribution is 7.99. The molecule has 0 atom stereocenters. The average Bonchev–Trinajstić information content (AvgIpc) is 2.60. The number of ether oxygens (including phenoxy) is 1. The molecular weight excluding hydrogens is 294 g/mol. The summed E-state index contributed by atoms with van der Waals surface area (Å²) in [5, 5.41) is 17.8. The van der Waals surface area contributed by atoms with E-state index in [1.807, 2.05) is 54.2 Å². The van der Waals surface area contributed by atoms with Crippen LogP contribution in [0.5, 0.6) is 5.75 Å². The molecule has 1 aliphatic rings. The molecule has 0 aromatic heterocycles. The first-order chi connectivity index (χ1) is 10.8. The summed E-state index contributed by atoms with van der Waals surface area (Å²) >= 11 is 1.94. The standard InChI is InChI=1S/C17H17N3OS/c1-21-16-5-3-15(4-6-16)17(7-2-14(12-18)13-19)20-8-10-22-11-9-20/h2-7H,8-11H2,1H3. The predicted molar refractivity (Wildman–Crippen MR) is 89.2 cm³/mol. The molecule has 4 nitrogen and oxygen atoms in total. The fourth-order valence-electron chi connectivity index (χ4n) is 2.21. The highest BCUT2D eigenvalue weighted by Crippen LogP contribution is 2.25. The third-order valence-electron chi connectivity index (χ3n) is 3.39. The van der Waals surface area contributed by atoms with Gasteiger partial charge < -0.3 is 9.64 Å². The van der Waals surface area contributed by atoms with E-state index in [-0.39, 0.29) is 5.57 Å². The second kappa shape index (κ2) is 8.17. The van der Waals surface area contributed by atoms with Crippen LogP contribution in [0.2, 0.25) is 0 Å². The number of hydrogen-bond donors (Lipinski definition) is 0. The molecule has 0 radical (unpaired) electrons. The largest absolute Gasteiger partial charge is 0.497 e. The number of benzene rings is 1. The number of nitriles is 2. The first-order valence-corrected chi connectivity index (χ1v) is 8.13. The quantitative estimate of drug-likeness (QED) is 0.632. The molecule has 1 fully saturated rings. The van der Waals surface area contributed by atoms with Gasteiger partial charge in [0.25, 0.3) is 0 Å². The predicted octanol–water partition coefficient (Wildman–Crippen LogP) is 3.06. The number of hydrogen-bond acceptors (Lipinski definition) is 5. The number of allylic oxidation sites excluding steroid dienone is 3. The number of rotatable bonds is 4. The molecule has 0 spiro atoms. The Bertz CT molecular complexity index is 628. The minimum absolute atomic E-state index is 0.109. The molecule has 1 aliphatic heterocycles. The normalized spacial score (nSPS) is 14.7. The van der Waals surface area contributed by atoms with E-state index in [4.69, 9.17) is 15.3 Å². The second-order valence-corrected chi connectivity index (χ2v) is 5.91. The van der Waals surface area contributed by atoms with Gasteiger partial charge in [-0.05, 0) is 42.0 Å². The molecule has 1 saturated heterocycles. The van der Waals surface area contributed by atoms with Gasteiger partial charge in [-0.25, -0.2) is 0 Å². The maximum Gasteiger partial charge on any atom is 0.129 e. The van der Waals surface area contributed by atoms with E-state index in [2.05, 4.69) is 4.90 Å². The molecule has 0 saturated carbocycles. The zero-order chi connectivity index (χ0) is 15.8. The van der Waals surface area contributed by atoms with Gasteiger partial charge >= 0.3 is 0 Å². The van der Waals surface area contributed by atoms with Crippen molar-refractivity contribution in [3.8, 4) is 17.9 Å². The second-order valence-electron chi connectivity index (χ2n) is 4.68. The summed E-state index contributed by atoms with van der Waals surface area (Å²) in [5.41, 5.74) is 2.20. The minimum atomic E-state index is 0.109. The summed E-state index contributed by atoms with van der Waals surface area (Å²) in [6, 6.07) is 11.6. The highest BCUT2D eigenvalue weighted by Gasteiger charge is 2.15. The summed E-state index contributed by atoms with van der Waals surface area (Å²) in [4.78, 5) is 2.29. The van der Waals surface area contributed by atoms with Gasteiger partial charge in [0.05, 0.1) is 7.11 Å². The van der Waals surface area contributed by atoms with Gasteiger partial charge in [0.1, 0.15) is 23.5 Å². The Balaban J connectivity index is 2.36. The van der Waals surface area contributed by atoms with Crippen molar-refractivity contribution in [3.63, 3.8) is 0 Å². The van der Waals surface area contributed by atoms with Crippen molar-refractivity contribution >= 4 is 17.5 Å². The molecule has 5 heteroatoms. The summed E-state index contributed by atoms with van der Waals surface area (Å²) in [7, 11) is 1.64. The maximum atomic E-state index is 8.88. The molecule has 1 aromatic rings. The molecule has 0 N–H and O–H groups in total. The molecule has 2 rings (SSSR count). The van der Waals surface area contributed by atoms with Crippen LogP contribution in [-0.4, -0.2) is 36.6 Å². The molecule has 1 aromatic carbocycles. The van der Waals surface area contributed by atoms with Crippen LogP contribution in [0.1, 0.15) is 5.56 Å². The Morgan fingerprint density at radius 3 is 2.32 bits per heavy atom. The molecular formula is C17H17N3OS. The third-order valence-corrected chi connectivity index (χ3v) is 4.33. The van der Waals surface area contributed by atoms with E-state index in [1.165, 1.54) is 0 Å². The maximum absolute atomic E-state index is 8.88. The van der Waals surface area contributed by atoms with Crippen molar-refractivity contribution in [2.24, 2.45) is 0 Å².